The van der Waals surface area contributed by atoms with Gasteiger partial charge in [-0.2, -0.15) is 0 Å². The van der Waals surface area contributed by atoms with Crippen molar-refractivity contribution in [1.82, 2.24) is 4.90 Å². The summed E-state index contributed by atoms with van der Waals surface area (Å²) in [5.41, 5.74) is 0.666. The maximum atomic E-state index is 13.0. The van der Waals surface area contributed by atoms with Gasteiger partial charge in [-0.05, 0) is 44.0 Å². The average Bonchev–Trinajstić information content (AvgIpc) is 3.08. The van der Waals surface area contributed by atoms with Gasteiger partial charge in [0.1, 0.15) is 11.7 Å². The number of benzene rings is 1. The highest BCUT2D eigenvalue weighted by Crippen LogP contribution is 2.33. The molecule has 1 saturated heterocycles. The lowest BCUT2D eigenvalue weighted by Gasteiger charge is -2.30. The number of ether oxygens (including phenoxy) is 2. The summed E-state index contributed by atoms with van der Waals surface area (Å²) in [6, 6.07) is 7.15. The molecule has 0 radical (unpaired) electrons. The van der Waals surface area contributed by atoms with Crippen LogP contribution >= 0.6 is 11.6 Å². The molecule has 6 heteroatoms. The van der Waals surface area contributed by atoms with E-state index in [0.717, 1.165) is 18.2 Å². The first-order valence-electron chi connectivity index (χ1n) is 8.40. The smallest absolute Gasteiger partial charge is 0.290 e. The number of furan rings is 1. The second-order valence-electron chi connectivity index (χ2n) is 6.27. The molecule has 0 N–H and O–H groups in total. The minimum Gasteiger partial charge on any atom is -0.451 e. The van der Waals surface area contributed by atoms with Gasteiger partial charge >= 0.3 is 0 Å². The molecule has 2 aromatic rings. The van der Waals surface area contributed by atoms with E-state index in [0.29, 0.717) is 36.1 Å². The summed E-state index contributed by atoms with van der Waals surface area (Å²) in [4.78, 5) is 14.9. The summed E-state index contributed by atoms with van der Waals surface area (Å²) in [7, 11) is 0. The molecule has 1 aromatic heterocycles. The zero-order valence-corrected chi connectivity index (χ0v) is 14.3. The van der Waals surface area contributed by atoms with Crippen LogP contribution in [0.2, 0.25) is 5.02 Å². The predicted octanol–water partition coefficient (Wildman–Crippen LogP) is 3.49. The summed E-state index contributed by atoms with van der Waals surface area (Å²) in [5.74, 6) is 0.232. The number of nitrogens with zero attached hydrogens (tertiary/aromatic N) is 1. The zero-order valence-electron chi connectivity index (χ0n) is 13.5. The van der Waals surface area contributed by atoms with Crippen LogP contribution in [-0.2, 0) is 9.47 Å². The predicted molar refractivity (Wildman–Crippen MR) is 90.4 cm³/mol. The molecule has 0 spiro atoms. The molecule has 128 valence electrons. The average molecular weight is 350 g/mol. The third-order valence-corrected chi connectivity index (χ3v) is 5.10. The van der Waals surface area contributed by atoms with Gasteiger partial charge in [0.05, 0.1) is 18.8 Å². The Kier molecular flexibility index (Phi) is 4.24. The summed E-state index contributed by atoms with van der Waals surface area (Å²) in [6.45, 7) is 3.68. The van der Waals surface area contributed by atoms with E-state index in [1.165, 1.54) is 0 Å². The molecule has 3 atom stereocenters. The minimum absolute atomic E-state index is 0.0433. The van der Waals surface area contributed by atoms with E-state index in [1.807, 2.05) is 11.8 Å². The van der Waals surface area contributed by atoms with Crippen molar-refractivity contribution in [3.05, 3.63) is 35.0 Å². The minimum atomic E-state index is -0.108. The molecule has 4 rings (SSSR count). The van der Waals surface area contributed by atoms with Crippen molar-refractivity contribution in [1.29, 1.82) is 0 Å². The fourth-order valence-electron chi connectivity index (χ4n) is 3.82. The second kappa shape index (κ2) is 6.39. The number of hydrogen-bond donors (Lipinski definition) is 0. The highest BCUT2D eigenvalue weighted by atomic mass is 35.5. The van der Waals surface area contributed by atoms with E-state index in [1.54, 1.807) is 24.3 Å². The Morgan fingerprint density at radius 3 is 3.08 bits per heavy atom. The molecule has 2 aliphatic rings. The molecule has 2 bridgehead atoms. The van der Waals surface area contributed by atoms with Crippen LogP contribution in [0.1, 0.15) is 30.3 Å². The van der Waals surface area contributed by atoms with E-state index in [-0.39, 0.29) is 24.2 Å². The van der Waals surface area contributed by atoms with Gasteiger partial charge < -0.3 is 18.8 Å². The zero-order chi connectivity index (χ0) is 16.7. The molecule has 5 nitrogen and oxygen atoms in total. The van der Waals surface area contributed by atoms with Crippen LogP contribution in [0, 0.1) is 0 Å². The molecule has 2 fully saturated rings. The van der Waals surface area contributed by atoms with E-state index in [9.17, 15) is 4.79 Å². The molecule has 1 aliphatic carbocycles. The highest BCUT2D eigenvalue weighted by Gasteiger charge is 2.45. The van der Waals surface area contributed by atoms with Gasteiger partial charge in [-0.15, -0.1) is 0 Å². The number of amides is 1. The molecule has 2 heterocycles. The van der Waals surface area contributed by atoms with E-state index >= 15 is 0 Å². The fourth-order valence-corrected chi connectivity index (χ4v) is 4.00. The van der Waals surface area contributed by atoms with Gasteiger partial charge in [0.2, 0.25) is 0 Å². The molecule has 1 saturated carbocycles. The van der Waals surface area contributed by atoms with Crippen LogP contribution in [0.5, 0.6) is 0 Å². The van der Waals surface area contributed by atoms with Crippen LogP contribution in [0.4, 0.5) is 0 Å². The van der Waals surface area contributed by atoms with Gasteiger partial charge in [0, 0.05) is 23.6 Å². The maximum absolute atomic E-state index is 13.0. The highest BCUT2D eigenvalue weighted by molar-refractivity contribution is 6.31. The third-order valence-electron chi connectivity index (χ3n) is 4.87. The standard InChI is InChI=1S/C18H20ClNO4/c1-2-22-17-13-4-6-15(17)23-8-7-20(13)18(21)16-10-11-9-12(19)3-5-14(11)24-16/h3,5,9-10,13,15,17H,2,4,6-8H2,1H3/t13-,15-,17+/m1/s1. The number of halogens is 1. The quantitative estimate of drug-likeness (QED) is 0.851. The van der Waals surface area contributed by atoms with Gasteiger partial charge in [-0.1, -0.05) is 11.6 Å². The lowest BCUT2D eigenvalue weighted by atomic mass is 10.1. The molecule has 0 unspecified atom stereocenters. The van der Waals surface area contributed by atoms with E-state index in [2.05, 4.69) is 0 Å². The Balaban J connectivity index is 1.64. The van der Waals surface area contributed by atoms with Crippen molar-refractivity contribution < 1.29 is 18.7 Å². The monoisotopic (exact) mass is 349 g/mol. The number of carbonyl (C=O) groups excluding carboxylic acids is 1. The number of fused-ring (bicyclic) bond motifs is 3. The first-order valence-corrected chi connectivity index (χ1v) is 8.78. The fraction of sp³-hybridized carbons (Fsp3) is 0.500. The number of carbonyl (C=O) groups is 1. The Bertz CT molecular complexity index is 759. The van der Waals surface area contributed by atoms with Crippen molar-refractivity contribution in [3.63, 3.8) is 0 Å². The van der Waals surface area contributed by atoms with E-state index < -0.39 is 0 Å². The largest absolute Gasteiger partial charge is 0.451 e. The van der Waals surface area contributed by atoms with Gasteiger partial charge in [0.25, 0.3) is 5.91 Å². The first-order chi connectivity index (χ1) is 11.7. The molecule has 1 aliphatic heterocycles. The molecular weight excluding hydrogens is 330 g/mol. The van der Waals surface area contributed by atoms with Crippen LogP contribution < -0.4 is 0 Å². The maximum Gasteiger partial charge on any atom is 0.290 e. The molecule has 24 heavy (non-hydrogen) atoms. The molecule has 1 aromatic carbocycles. The van der Waals surface area contributed by atoms with Gasteiger partial charge in [-0.25, -0.2) is 0 Å². The summed E-state index contributed by atoms with van der Waals surface area (Å²) in [6.07, 6.45) is 1.85. The number of rotatable bonds is 3. The normalized spacial score (nSPS) is 26.8. The van der Waals surface area contributed by atoms with Gasteiger partial charge in [-0.3, -0.25) is 4.79 Å². The SMILES string of the molecule is CCO[C@H]1[C@H]2CC[C@H]1OCCN2C(=O)c1cc2cc(Cl)ccc2o1. The Hall–Kier alpha value is -1.56. The lowest BCUT2D eigenvalue weighted by molar-refractivity contribution is -0.0485. The Labute approximate surface area is 145 Å². The van der Waals surface area contributed by atoms with Crippen LogP contribution in [-0.4, -0.2) is 48.8 Å². The van der Waals surface area contributed by atoms with Crippen LogP contribution in [0.3, 0.4) is 0 Å². The molecule has 1 amide bonds. The van der Waals surface area contributed by atoms with Gasteiger partial charge in [0.15, 0.2) is 5.76 Å². The van der Waals surface area contributed by atoms with Crippen LogP contribution in [0.15, 0.2) is 28.7 Å². The van der Waals surface area contributed by atoms with Crippen molar-refractivity contribution in [2.75, 3.05) is 19.8 Å². The topological polar surface area (TPSA) is 51.9 Å². The van der Waals surface area contributed by atoms with Crippen molar-refractivity contribution >= 4 is 28.5 Å². The second-order valence-corrected chi connectivity index (χ2v) is 6.70. The first kappa shape index (κ1) is 15.9. The van der Waals surface area contributed by atoms with E-state index in [4.69, 9.17) is 25.5 Å². The summed E-state index contributed by atoms with van der Waals surface area (Å²) >= 11 is 6.01. The number of hydrogen-bond acceptors (Lipinski definition) is 4. The van der Waals surface area contributed by atoms with Crippen molar-refractivity contribution in [2.24, 2.45) is 0 Å². The third kappa shape index (κ3) is 2.70. The Morgan fingerprint density at radius 1 is 1.38 bits per heavy atom. The van der Waals surface area contributed by atoms with Crippen LogP contribution in [0.25, 0.3) is 11.0 Å². The summed E-state index contributed by atoms with van der Waals surface area (Å²) < 4.78 is 17.5. The lowest BCUT2D eigenvalue weighted by Crippen LogP contribution is -2.46. The Morgan fingerprint density at radius 2 is 2.25 bits per heavy atom. The molecular formula is C18H20ClNO4. The van der Waals surface area contributed by atoms with Crippen molar-refractivity contribution in [2.45, 2.75) is 38.0 Å². The van der Waals surface area contributed by atoms with Crippen molar-refractivity contribution in [3.8, 4) is 0 Å². The summed E-state index contributed by atoms with van der Waals surface area (Å²) in [5, 5.41) is 1.46.